The van der Waals surface area contributed by atoms with Gasteiger partial charge in [-0.1, -0.05) is 31.7 Å². The van der Waals surface area contributed by atoms with Crippen molar-refractivity contribution in [2.45, 2.75) is 64.4 Å². The fourth-order valence-corrected chi connectivity index (χ4v) is 3.70. The van der Waals surface area contributed by atoms with Gasteiger partial charge in [0.25, 0.3) is 0 Å². The van der Waals surface area contributed by atoms with Crippen molar-refractivity contribution in [2.75, 3.05) is 0 Å². The van der Waals surface area contributed by atoms with Crippen molar-refractivity contribution in [1.82, 2.24) is 0 Å². The molecule has 1 unspecified atom stereocenters. The molecule has 0 spiro atoms. The molecule has 8 heteroatoms. The summed E-state index contributed by atoms with van der Waals surface area (Å²) in [7, 11) is 0. The maximum absolute atomic E-state index is 12.8. The summed E-state index contributed by atoms with van der Waals surface area (Å²) >= 11 is 0. The van der Waals surface area contributed by atoms with Gasteiger partial charge in [0.1, 0.15) is 6.10 Å². The van der Waals surface area contributed by atoms with E-state index in [0.717, 1.165) is 6.92 Å². The van der Waals surface area contributed by atoms with Gasteiger partial charge in [0.2, 0.25) is 0 Å². The lowest BCUT2D eigenvalue weighted by molar-refractivity contribution is -0.196. The second kappa shape index (κ2) is 8.95. The largest absolute Gasteiger partial charge is 0.458 e. The predicted molar refractivity (Wildman–Crippen MR) is 106 cm³/mol. The number of ketones is 1. The first-order chi connectivity index (χ1) is 13.8. The van der Waals surface area contributed by atoms with E-state index in [-0.39, 0.29) is 17.9 Å². The fourth-order valence-electron chi connectivity index (χ4n) is 3.70. The van der Waals surface area contributed by atoms with Crippen molar-refractivity contribution in [3.8, 4) is 0 Å². The average Bonchev–Trinajstić information content (AvgIpc) is 2.87. The number of hydrogen-bond acceptors (Lipinski definition) is 8. The van der Waals surface area contributed by atoms with Gasteiger partial charge in [-0.25, -0.2) is 4.79 Å². The molecule has 0 radical (unpaired) electrons. The lowest BCUT2D eigenvalue weighted by Crippen LogP contribution is -2.58. The van der Waals surface area contributed by atoms with Crippen LogP contribution in [0.2, 0.25) is 0 Å². The second-order valence-corrected chi connectivity index (χ2v) is 8.20. The molecule has 6 atom stereocenters. The Hall–Kier alpha value is -2.74. The molecule has 0 bridgehead atoms. The molecule has 1 aliphatic carbocycles. The molecule has 164 valence electrons. The number of esters is 3. The van der Waals surface area contributed by atoms with Crippen LogP contribution in [-0.4, -0.2) is 52.7 Å². The maximum Gasteiger partial charge on any atom is 0.334 e. The van der Waals surface area contributed by atoms with Gasteiger partial charge in [-0.2, -0.15) is 0 Å². The maximum atomic E-state index is 12.8. The lowest BCUT2D eigenvalue weighted by Gasteiger charge is -2.39. The first-order valence-electron chi connectivity index (χ1n) is 9.70. The Morgan fingerprint density at radius 2 is 1.93 bits per heavy atom. The molecule has 1 heterocycles. The third-order valence-electron chi connectivity index (χ3n) is 5.22. The number of fused-ring (bicyclic) bond motifs is 1. The molecule has 2 rings (SSSR count). The van der Waals surface area contributed by atoms with Crippen LogP contribution < -0.4 is 0 Å². The van der Waals surface area contributed by atoms with E-state index in [1.54, 1.807) is 13.0 Å². The first-order valence-corrected chi connectivity index (χ1v) is 9.70. The normalized spacial score (nSPS) is 35.1. The minimum absolute atomic E-state index is 0.0206. The number of hydrogen-bond donors (Lipinski definition) is 1. The van der Waals surface area contributed by atoms with Crippen LogP contribution in [0, 0.1) is 11.8 Å². The molecule has 2 aliphatic rings. The van der Waals surface area contributed by atoms with Crippen molar-refractivity contribution in [1.29, 1.82) is 0 Å². The van der Waals surface area contributed by atoms with Crippen molar-refractivity contribution in [2.24, 2.45) is 11.8 Å². The standard InChI is InChI=1S/C22H28O8/c1-11(2)9-17(25)30-20-19(28-14(5)23)18-13(4)21(26)29-15(18)10-12(3)7-8-16(24)22(20,6)27/h7-8,12,15,18-20,27H,1,4,9-10H2,2-3,5-6H3/b8-7-/t12-,15+,18?,19-,20+,22+/m0/s1. The zero-order valence-corrected chi connectivity index (χ0v) is 17.7. The zero-order chi connectivity index (χ0) is 22.8. The van der Waals surface area contributed by atoms with Gasteiger partial charge in [0, 0.05) is 12.5 Å². The predicted octanol–water partition coefficient (Wildman–Crippen LogP) is 1.81. The number of ether oxygens (including phenoxy) is 3. The molecule has 8 nitrogen and oxygen atoms in total. The Balaban J connectivity index is 2.62. The molecular weight excluding hydrogens is 392 g/mol. The molecule has 0 aromatic heterocycles. The fraction of sp³-hybridized carbons (Fsp3) is 0.545. The van der Waals surface area contributed by atoms with Crippen molar-refractivity contribution in [3.05, 3.63) is 36.5 Å². The summed E-state index contributed by atoms with van der Waals surface area (Å²) in [6.45, 7) is 13.1. The van der Waals surface area contributed by atoms with Crippen LogP contribution in [-0.2, 0) is 33.4 Å². The van der Waals surface area contributed by atoms with E-state index in [1.165, 1.54) is 13.0 Å². The van der Waals surface area contributed by atoms with Crippen LogP contribution in [0.3, 0.4) is 0 Å². The summed E-state index contributed by atoms with van der Waals surface area (Å²) in [4.78, 5) is 49.3. The Morgan fingerprint density at radius 3 is 2.50 bits per heavy atom. The van der Waals surface area contributed by atoms with Gasteiger partial charge >= 0.3 is 17.9 Å². The van der Waals surface area contributed by atoms with Crippen LogP contribution >= 0.6 is 0 Å². The number of carbonyl (C=O) groups excluding carboxylic acids is 4. The average molecular weight is 420 g/mol. The molecule has 1 fully saturated rings. The molecule has 1 saturated heterocycles. The van der Waals surface area contributed by atoms with Gasteiger partial charge in [-0.3, -0.25) is 14.4 Å². The topological polar surface area (TPSA) is 116 Å². The highest BCUT2D eigenvalue weighted by Gasteiger charge is 2.55. The lowest BCUT2D eigenvalue weighted by atomic mass is 9.77. The minimum atomic E-state index is -2.24. The molecular formula is C22H28O8. The molecule has 0 aromatic carbocycles. The minimum Gasteiger partial charge on any atom is -0.458 e. The van der Waals surface area contributed by atoms with E-state index in [4.69, 9.17) is 14.2 Å². The van der Waals surface area contributed by atoms with Crippen molar-refractivity contribution < 1.29 is 38.5 Å². The van der Waals surface area contributed by atoms with Crippen LogP contribution in [0.5, 0.6) is 0 Å². The monoisotopic (exact) mass is 420 g/mol. The quantitative estimate of drug-likeness (QED) is 0.317. The van der Waals surface area contributed by atoms with E-state index in [9.17, 15) is 24.3 Å². The Kier molecular flexibility index (Phi) is 7.02. The summed E-state index contributed by atoms with van der Waals surface area (Å²) in [6.07, 6.45) is -0.754. The van der Waals surface area contributed by atoms with E-state index >= 15 is 0 Å². The van der Waals surface area contributed by atoms with Gasteiger partial charge in [0.05, 0.1) is 12.3 Å². The summed E-state index contributed by atoms with van der Waals surface area (Å²) in [5, 5.41) is 11.1. The van der Waals surface area contributed by atoms with Crippen LogP contribution in [0.4, 0.5) is 0 Å². The highest BCUT2D eigenvalue weighted by atomic mass is 16.6. The third kappa shape index (κ3) is 5.05. The Morgan fingerprint density at radius 1 is 1.30 bits per heavy atom. The molecule has 0 saturated carbocycles. The molecule has 1 aliphatic heterocycles. The number of aliphatic hydroxyl groups is 1. The van der Waals surface area contributed by atoms with E-state index in [0.29, 0.717) is 12.0 Å². The number of allylic oxidation sites excluding steroid dienone is 1. The second-order valence-electron chi connectivity index (χ2n) is 8.20. The highest BCUT2D eigenvalue weighted by Crippen LogP contribution is 2.40. The summed E-state index contributed by atoms with van der Waals surface area (Å²) in [5.74, 6) is -3.99. The van der Waals surface area contributed by atoms with E-state index < -0.39 is 53.5 Å². The molecule has 30 heavy (non-hydrogen) atoms. The van der Waals surface area contributed by atoms with Gasteiger partial charge in [0.15, 0.2) is 23.6 Å². The highest BCUT2D eigenvalue weighted by molar-refractivity contribution is 5.97. The van der Waals surface area contributed by atoms with Crippen molar-refractivity contribution >= 4 is 23.7 Å². The smallest absolute Gasteiger partial charge is 0.334 e. The van der Waals surface area contributed by atoms with Gasteiger partial charge < -0.3 is 19.3 Å². The van der Waals surface area contributed by atoms with Crippen LogP contribution in [0.1, 0.15) is 40.5 Å². The molecule has 0 amide bonds. The SMILES string of the molecule is C=C(C)CC(=O)O[C@@H]1[C@@H](OC(C)=O)C2C(=C)C(=O)O[C@@H]2C[C@@H](C)/C=C\C(=O)[C@@]1(C)O. The van der Waals surface area contributed by atoms with Crippen LogP contribution in [0.15, 0.2) is 36.5 Å². The van der Waals surface area contributed by atoms with E-state index in [1.807, 2.05) is 6.92 Å². The number of carbonyl (C=O) groups is 4. The Labute approximate surface area is 175 Å². The molecule has 1 N–H and O–H groups in total. The van der Waals surface area contributed by atoms with E-state index in [2.05, 4.69) is 13.2 Å². The van der Waals surface area contributed by atoms with Crippen molar-refractivity contribution in [3.63, 3.8) is 0 Å². The Bertz CT molecular complexity index is 806. The number of rotatable bonds is 4. The van der Waals surface area contributed by atoms with Gasteiger partial charge in [-0.05, 0) is 32.3 Å². The summed E-state index contributed by atoms with van der Waals surface area (Å²) in [5.41, 5.74) is -1.72. The van der Waals surface area contributed by atoms with Crippen LogP contribution in [0.25, 0.3) is 0 Å². The summed E-state index contributed by atoms with van der Waals surface area (Å²) < 4.78 is 16.3. The summed E-state index contributed by atoms with van der Waals surface area (Å²) in [6, 6.07) is 0. The van der Waals surface area contributed by atoms with Gasteiger partial charge in [-0.15, -0.1) is 0 Å². The zero-order valence-electron chi connectivity index (χ0n) is 17.7. The third-order valence-corrected chi connectivity index (χ3v) is 5.22. The first kappa shape index (κ1) is 23.5. The molecule has 0 aromatic rings.